The van der Waals surface area contributed by atoms with Gasteiger partial charge in [-0.05, 0) is 51.0 Å². The van der Waals surface area contributed by atoms with Crippen molar-refractivity contribution in [2.45, 2.75) is 89.4 Å². The second kappa shape index (κ2) is 7.59. The van der Waals surface area contributed by atoms with Crippen LogP contribution in [-0.4, -0.2) is 30.2 Å². The largest absolute Gasteiger partial charge is 0.375 e. The van der Waals surface area contributed by atoms with E-state index in [9.17, 15) is 4.79 Å². The fourth-order valence-electron chi connectivity index (χ4n) is 3.95. The first kappa shape index (κ1) is 16.8. The van der Waals surface area contributed by atoms with E-state index < -0.39 is 5.54 Å². The van der Waals surface area contributed by atoms with Gasteiger partial charge in [0.15, 0.2) is 0 Å². The van der Waals surface area contributed by atoms with E-state index in [4.69, 9.17) is 10.5 Å². The van der Waals surface area contributed by atoms with Crippen molar-refractivity contribution in [3.8, 4) is 0 Å². The molecule has 2 aliphatic carbocycles. The predicted molar refractivity (Wildman–Crippen MR) is 85.0 cm³/mol. The molecule has 0 spiro atoms. The van der Waals surface area contributed by atoms with Gasteiger partial charge in [-0.3, -0.25) is 4.79 Å². The SMILES string of the molecule is CCCNC1(C(N)=O)CCCC(OC2CCCC(C)C2)C1. The fourth-order valence-corrected chi connectivity index (χ4v) is 3.95. The number of carbonyl (C=O) groups excluding carboxylic acids is 1. The lowest BCUT2D eigenvalue weighted by Gasteiger charge is -2.41. The summed E-state index contributed by atoms with van der Waals surface area (Å²) in [5, 5.41) is 3.41. The van der Waals surface area contributed by atoms with E-state index in [2.05, 4.69) is 19.2 Å². The summed E-state index contributed by atoms with van der Waals surface area (Å²) in [6.45, 7) is 5.27. The molecular formula is C17H32N2O2. The minimum absolute atomic E-state index is 0.186. The molecule has 1 amide bonds. The van der Waals surface area contributed by atoms with Crippen LogP contribution in [0.15, 0.2) is 0 Å². The van der Waals surface area contributed by atoms with Crippen LogP contribution >= 0.6 is 0 Å². The Morgan fingerprint density at radius 1 is 1.29 bits per heavy atom. The van der Waals surface area contributed by atoms with E-state index in [0.29, 0.717) is 6.10 Å². The smallest absolute Gasteiger partial charge is 0.237 e. The van der Waals surface area contributed by atoms with Crippen LogP contribution in [0.4, 0.5) is 0 Å². The summed E-state index contributed by atoms with van der Waals surface area (Å²) in [4.78, 5) is 12.0. The van der Waals surface area contributed by atoms with Crippen LogP contribution in [0.25, 0.3) is 0 Å². The summed E-state index contributed by atoms with van der Waals surface area (Å²) >= 11 is 0. The normalized spacial score (nSPS) is 37.3. The first-order valence-corrected chi connectivity index (χ1v) is 8.76. The average molecular weight is 296 g/mol. The number of primary amides is 1. The Balaban J connectivity index is 1.93. The molecule has 2 saturated carbocycles. The molecule has 0 aromatic rings. The van der Waals surface area contributed by atoms with E-state index in [1.807, 2.05) is 0 Å². The highest BCUT2D eigenvalue weighted by Gasteiger charge is 2.42. The van der Waals surface area contributed by atoms with Gasteiger partial charge in [-0.15, -0.1) is 0 Å². The molecule has 0 heterocycles. The van der Waals surface area contributed by atoms with Crippen LogP contribution in [0, 0.1) is 5.92 Å². The molecule has 2 fully saturated rings. The monoisotopic (exact) mass is 296 g/mol. The lowest BCUT2D eigenvalue weighted by atomic mass is 9.79. The summed E-state index contributed by atoms with van der Waals surface area (Å²) in [5.41, 5.74) is 5.16. The number of carbonyl (C=O) groups is 1. The summed E-state index contributed by atoms with van der Waals surface area (Å²) in [6.07, 6.45) is 10.2. The standard InChI is InChI=1S/C17H32N2O2/c1-3-10-19-17(16(18)20)9-5-8-15(12-17)21-14-7-4-6-13(2)11-14/h13-15,19H,3-12H2,1-2H3,(H2,18,20). The van der Waals surface area contributed by atoms with Crippen LogP contribution in [0.1, 0.15) is 71.6 Å². The van der Waals surface area contributed by atoms with E-state index >= 15 is 0 Å². The number of hydrogen-bond acceptors (Lipinski definition) is 3. The molecule has 0 bridgehead atoms. The molecule has 4 nitrogen and oxygen atoms in total. The Labute approximate surface area is 129 Å². The van der Waals surface area contributed by atoms with E-state index in [0.717, 1.165) is 44.6 Å². The van der Waals surface area contributed by atoms with E-state index in [1.165, 1.54) is 25.7 Å². The number of ether oxygens (including phenoxy) is 1. The Morgan fingerprint density at radius 2 is 2.05 bits per heavy atom. The molecule has 0 aromatic carbocycles. The first-order valence-electron chi connectivity index (χ1n) is 8.76. The molecule has 21 heavy (non-hydrogen) atoms. The van der Waals surface area contributed by atoms with Gasteiger partial charge >= 0.3 is 0 Å². The lowest BCUT2D eigenvalue weighted by molar-refractivity contribution is -0.130. The van der Waals surface area contributed by atoms with Crippen molar-refractivity contribution >= 4 is 5.91 Å². The number of nitrogens with one attached hydrogen (secondary N) is 1. The topological polar surface area (TPSA) is 64.3 Å². The molecular weight excluding hydrogens is 264 g/mol. The average Bonchev–Trinajstić information content (AvgIpc) is 2.45. The van der Waals surface area contributed by atoms with Crippen molar-refractivity contribution in [3.63, 3.8) is 0 Å². The molecule has 4 atom stereocenters. The highest BCUT2D eigenvalue weighted by atomic mass is 16.5. The molecule has 122 valence electrons. The predicted octanol–water partition coefficient (Wildman–Crippen LogP) is 2.75. The maximum Gasteiger partial charge on any atom is 0.237 e. The zero-order valence-electron chi connectivity index (χ0n) is 13.7. The van der Waals surface area contributed by atoms with Crippen LogP contribution in [-0.2, 0) is 9.53 Å². The molecule has 4 heteroatoms. The van der Waals surface area contributed by atoms with Crippen LogP contribution < -0.4 is 11.1 Å². The number of rotatable bonds is 6. The highest BCUT2D eigenvalue weighted by Crippen LogP contribution is 2.34. The van der Waals surface area contributed by atoms with E-state index in [-0.39, 0.29) is 12.0 Å². The molecule has 3 N–H and O–H groups in total. The van der Waals surface area contributed by atoms with Crippen molar-refractivity contribution in [2.75, 3.05) is 6.54 Å². The van der Waals surface area contributed by atoms with Gasteiger partial charge in [-0.1, -0.05) is 26.7 Å². The minimum Gasteiger partial charge on any atom is -0.375 e. The van der Waals surface area contributed by atoms with Crippen LogP contribution in [0.2, 0.25) is 0 Å². The van der Waals surface area contributed by atoms with Gasteiger partial charge in [0.1, 0.15) is 5.54 Å². The molecule has 0 aliphatic heterocycles. The third kappa shape index (κ3) is 4.43. The van der Waals surface area contributed by atoms with Crippen molar-refractivity contribution in [1.82, 2.24) is 5.32 Å². The second-order valence-corrected chi connectivity index (χ2v) is 7.12. The van der Waals surface area contributed by atoms with Crippen molar-refractivity contribution < 1.29 is 9.53 Å². The summed E-state index contributed by atoms with van der Waals surface area (Å²) < 4.78 is 6.34. The van der Waals surface area contributed by atoms with Gasteiger partial charge in [-0.2, -0.15) is 0 Å². The second-order valence-electron chi connectivity index (χ2n) is 7.12. The number of hydrogen-bond donors (Lipinski definition) is 2. The molecule has 2 aliphatic rings. The minimum atomic E-state index is -0.542. The maximum atomic E-state index is 12.0. The van der Waals surface area contributed by atoms with Crippen LogP contribution in [0.3, 0.4) is 0 Å². The van der Waals surface area contributed by atoms with Crippen molar-refractivity contribution in [2.24, 2.45) is 11.7 Å². The summed E-state index contributed by atoms with van der Waals surface area (Å²) in [6, 6.07) is 0. The van der Waals surface area contributed by atoms with Gasteiger partial charge in [-0.25, -0.2) is 0 Å². The third-order valence-corrected chi connectivity index (χ3v) is 5.16. The Kier molecular flexibility index (Phi) is 6.06. The zero-order valence-corrected chi connectivity index (χ0v) is 13.7. The lowest BCUT2D eigenvalue weighted by Crippen LogP contribution is -2.59. The third-order valence-electron chi connectivity index (χ3n) is 5.16. The molecule has 2 rings (SSSR count). The highest BCUT2D eigenvalue weighted by molar-refractivity contribution is 5.84. The number of amides is 1. The van der Waals surface area contributed by atoms with Gasteiger partial charge in [0, 0.05) is 6.42 Å². The molecule has 4 unspecified atom stereocenters. The maximum absolute atomic E-state index is 12.0. The Bertz CT molecular complexity index is 348. The summed E-state index contributed by atoms with van der Waals surface area (Å²) in [7, 11) is 0. The molecule has 0 aromatic heterocycles. The Morgan fingerprint density at radius 3 is 2.71 bits per heavy atom. The summed E-state index contributed by atoms with van der Waals surface area (Å²) in [5.74, 6) is 0.563. The quantitative estimate of drug-likeness (QED) is 0.792. The molecule has 0 radical (unpaired) electrons. The van der Waals surface area contributed by atoms with Gasteiger partial charge in [0.25, 0.3) is 0 Å². The van der Waals surface area contributed by atoms with Crippen molar-refractivity contribution in [1.29, 1.82) is 0 Å². The van der Waals surface area contributed by atoms with Gasteiger partial charge in [0.2, 0.25) is 5.91 Å². The van der Waals surface area contributed by atoms with Gasteiger partial charge < -0.3 is 15.8 Å². The van der Waals surface area contributed by atoms with E-state index in [1.54, 1.807) is 0 Å². The van der Waals surface area contributed by atoms with Crippen LogP contribution in [0.5, 0.6) is 0 Å². The Hall–Kier alpha value is -0.610. The molecule has 0 saturated heterocycles. The van der Waals surface area contributed by atoms with Crippen molar-refractivity contribution in [3.05, 3.63) is 0 Å². The van der Waals surface area contributed by atoms with Gasteiger partial charge in [0.05, 0.1) is 12.2 Å². The first-order chi connectivity index (χ1) is 10.1. The fraction of sp³-hybridized carbons (Fsp3) is 0.941. The number of nitrogens with two attached hydrogens (primary N) is 1. The zero-order chi connectivity index (χ0) is 15.3.